The highest BCUT2D eigenvalue weighted by Gasteiger charge is 2.26. The van der Waals surface area contributed by atoms with Gasteiger partial charge in [-0.05, 0) is 12.5 Å². The Morgan fingerprint density at radius 3 is 2.60 bits per heavy atom. The molecular weight excluding hydrogens is 268 g/mol. The topological polar surface area (TPSA) is 130 Å². The van der Waals surface area contributed by atoms with E-state index < -0.39 is 35.1 Å². The van der Waals surface area contributed by atoms with E-state index in [2.05, 4.69) is 5.32 Å². The molecule has 108 valence electrons. The van der Waals surface area contributed by atoms with Crippen LogP contribution in [0.4, 0.5) is 5.69 Å². The number of benzene rings is 1. The number of carbonyl (C=O) groups excluding carboxylic acids is 1. The van der Waals surface area contributed by atoms with Gasteiger partial charge in [-0.15, -0.1) is 0 Å². The molecule has 8 nitrogen and oxygen atoms in total. The number of aryl methyl sites for hydroxylation is 1. The van der Waals surface area contributed by atoms with Crippen LogP contribution in [-0.2, 0) is 4.79 Å². The van der Waals surface area contributed by atoms with E-state index in [0.29, 0.717) is 5.56 Å². The average Bonchev–Trinajstić information content (AvgIpc) is 2.37. The molecule has 8 heteroatoms. The van der Waals surface area contributed by atoms with Crippen molar-refractivity contribution in [2.75, 3.05) is 6.61 Å². The first-order chi connectivity index (χ1) is 9.38. The molecule has 0 saturated heterocycles. The second kappa shape index (κ2) is 6.62. The van der Waals surface area contributed by atoms with Crippen molar-refractivity contribution in [1.82, 2.24) is 5.32 Å². The number of rotatable bonds is 6. The summed E-state index contributed by atoms with van der Waals surface area (Å²) in [4.78, 5) is 33.1. The summed E-state index contributed by atoms with van der Waals surface area (Å²) in [6.07, 6.45) is -0.180. The molecule has 0 aliphatic heterocycles. The van der Waals surface area contributed by atoms with Gasteiger partial charge in [0.15, 0.2) is 0 Å². The minimum absolute atomic E-state index is 0.179. The predicted molar refractivity (Wildman–Crippen MR) is 68.4 cm³/mol. The zero-order chi connectivity index (χ0) is 15.3. The Hall–Kier alpha value is -2.48. The number of nitro benzene ring substituents is 1. The highest BCUT2D eigenvalue weighted by atomic mass is 16.6. The zero-order valence-corrected chi connectivity index (χ0v) is 10.7. The monoisotopic (exact) mass is 282 g/mol. The third kappa shape index (κ3) is 3.51. The summed E-state index contributed by atoms with van der Waals surface area (Å²) >= 11 is 0. The molecule has 0 aliphatic carbocycles. The van der Waals surface area contributed by atoms with Crippen LogP contribution in [0.25, 0.3) is 0 Å². The molecule has 0 saturated carbocycles. The van der Waals surface area contributed by atoms with E-state index >= 15 is 0 Å². The van der Waals surface area contributed by atoms with Crippen molar-refractivity contribution in [2.45, 2.75) is 19.4 Å². The number of hydrogen-bond donors (Lipinski definition) is 3. The van der Waals surface area contributed by atoms with E-state index in [9.17, 15) is 19.7 Å². The lowest BCUT2D eigenvalue weighted by Crippen LogP contribution is -2.41. The number of amides is 1. The minimum atomic E-state index is -1.32. The first-order valence-electron chi connectivity index (χ1n) is 5.77. The van der Waals surface area contributed by atoms with Crippen molar-refractivity contribution < 1.29 is 24.7 Å². The number of carbonyl (C=O) groups is 2. The molecule has 0 aliphatic rings. The maximum Gasteiger partial charge on any atom is 0.326 e. The van der Waals surface area contributed by atoms with Gasteiger partial charge in [-0.2, -0.15) is 0 Å². The highest BCUT2D eigenvalue weighted by Crippen LogP contribution is 2.21. The van der Waals surface area contributed by atoms with Crippen LogP contribution in [0.15, 0.2) is 18.2 Å². The molecule has 0 aromatic heterocycles. The van der Waals surface area contributed by atoms with E-state index in [1.54, 1.807) is 0 Å². The fourth-order valence-corrected chi connectivity index (χ4v) is 1.72. The first kappa shape index (κ1) is 15.6. The normalized spacial score (nSPS) is 11.7. The Balaban J connectivity index is 3.09. The summed E-state index contributed by atoms with van der Waals surface area (Å²) in [6, 6.07) is 2.83. The molecule has 0 bridgehead atoms. The summed E-state index contributed by atoms with van der Waals surface area (Å²) in [7, 11) is 0. The Labute approximate surface area is 114 Å². The van der Waals surface area contributed by atoms with E-state index in [4.69, 9.17) is 10.2 Å². The van der Waals surface area contributed by atoms with Gasteiger partial charge in [-0.3, -0.25) is 14.9 Å². The summed E-state index contributed by atoms with van der Waals surface area (Å²) < 4.78 is 0. The van der Waals surface area contributed by atoms with Crippen LogP contribution in [0.1, 0.15) is 22.3 Å². The van der Waals surface area contributed by atoms with Crippen LogP contribution in [0, 0.1) is 17.0 Å². The quantitative estimate of drug-likeness (QED) is 0.513. The van der Waals surface area contributed by atoms with Crippen molar-refractivity contribution in [3.63, 3.8) is 0 Å². The van der Waals surface area contributed by atoms with Crippen LogP contribution in [-0.4, -0.2) is 39.7 Å². The number of carboxylic acids is 1. The van der Waals surface area contributed by atoms with Crippen LogP contribution in [0.3, 0.4) is 0 Å². The smallest absolute Gasteiger partial charge is 0.326 e. The van der Waals surface area contributed by atoms with Crippen molar-refractivity contribution in [3.8, 4) is 0 Å². The molecule has 1 amide bonds. The third-order valence-corrected chi connectivity index (χ3v) is 2.70. The van der Waals surface area contributed by atoms with Gasteiger partial charge in [0, 0.05) is 19.1 Å². The Morgan fingerprint density at radius 1 is 1.45 bits per heavy atom. The van der Waals surface area contributed by atoms with Gasteiger partial charge in [-0.25, -0.2) is 4.79 Å². The first-order valence-corrected chi connectivity index (χ1v) is 5.77. The van der Waals surface area contributed by atoms with Crippen LogP contribution < -0.4 is 5.32 Å². The lowest BCUT2D eigenvalue weighted by Gasteiger charge is -2.14. The molecule has 20 heavy (non-hydrogen) atoms. The van der Waals surface area contributed by atoms with Gasteiger partial charge in [-0.1, -0.05) is 12.1 Å². The largest absolute Gasteiger partial charge is 0.480 e. The fraction of sp³-hybridized carbons (Fsp3) is 0.333. The summed E-state index contributed by atoms with van der Waals surface area (Å²) in [5.41, 5.74) is -0.206. The number of aliphatic hydroxyl groups is 1. The molecule has 3 N–H and O–H groups in total. The number of nitro groups is 1. The fourth-order valence-electron chi connectivity index (χ4n) is 1.72. The molecule has 1 aromatic carbocycles. The van der Waals surface area contributed by atoms with Crippen molar-refractivity contribution in [3.05, 3.63) is 39.4 Å². The van der Waals surface area contributed by atoms with Crippen molar-refractivity contribution in [2.24, 2.45) is 0 Å². The SMILES string of the molecule is Cc1cccc([N+](=O)[O-])c1C(=O)NC(CCO)C(=O)O. The number of aliphatic hydroxyl groups excluding tert-OH is 1. The Kier molecular flexibility index (Phi) is 5.15. The molecule has 0 spiro atoms. The maximum atomic E-state index is 12.0. The van der Waals surface area contributed by atoms with Crippen molar-refractivity contribution >= 4 is 17.6 Å². The summed E-state index contributed by atoms with van der Waals surface area (Å²) in [6.45, 7) is 1.09. The summed E-state index contributed by atoms with van der Waals surface area (Å²) in [5, 5.41) is 30.7. The van der Waals surface area contributed by atoms with Gasteiger partial charge >= 0.3 is 5.97 Å². The second-order valence-electron chi connectivity index (χ2n) is 4.10. The van der Waals surface area contributed by atoms with E-state index in [-0.39, 0.29) is 12.0 Å². The molecular formula is C12H14N2O6. The minimum Gasteiger partial charge on any atom is -0.480 e. The molecule has 1 rings (SSSR count). The van der Waals surface area contributed by atoms with Crippen molar-refractivity contribution in [1.29, 1.82) is 0 Å². The van der Waals surface area contributed by atoms with Gasteiger partial charge < -0.3 is 15.5 Å². The average molecular weight is 282 g/mol. The molecule has 0 fully saturated rings. The zero-order valence-electron chi connectivity index (χ0n) is 10.7. The number of hydrogen-bond acceptors (Lipinski definition) is 5. The van der Waals surface area contributed by atoms with Gasteiger partial charge in [0.2, 0.25) is 0 Å². The van der Waals surface area contributed by atoms with Crippen LogP contribution in [0.2, 0.25) is 0 Å². The van der Waals surface area contributed by atoms with E-state index in [1.165, 1.54) is 25.1 Å². The standard InChI is InChI=1S/C12H14N2O6/c1-7-3-2-4-9(14(19)20)10(7)11(16)13-8(5-6-15)12(17)18/h2-4,8,15H,5-6H2,1H3,(H,13,16)(H,17,18). The summed E-state index contributed by atoms with van der Waals surface area (Å²) in [5.74, 6) is -2.17. The molecule has 0 heterocycles. The number of nitrogens with zero attached hydrogens (tertiary/aromatic N) is 1. The van der Waals surface area contributed by atoms with Gasteiger partial charge in [0.1, 0.15) is 11.6 Å². The lowest BCUT2D eigenvalue weighted by molar-refractivity contribution is -0.385. The van der Waals surface area contributed by atoms with Gasteiger partial charge in [0.05, 0.1) is 4.92 Å². The third-order valence-electron chi connectivity index (χ3n) is 2.70. The maximum absolute atomic E-state index is 12.0. The van der Waals surface area contributed by atoms with E-state index in [0.717, 1.165) is 0 Å². The molecule has 1 unspecified atom stereocenters. The highest BCUT2D eigenvalue weighted by molar-refractivity contribution is 6.01. The van der Waals surface area contributed by atoms with E-state index in [1.807, 2.05) is 0 Å². The Morgan fingerprint density at radius 2 is 2.10 bits per heavy atom. The van der Waals surface area contributed by atoms with Gasteiger partial charge in [0.25, 0.3) is 11.6 Å². The van der Waals surface area contributed by atoms with Crippen LogP contribution >= 0.6 is 0 Å². The second-order valence-corrected chi connectivity index (χ2v) is 4.10. The lowest BCUT2D eigenvalue weighted by atomic mass is 10.1. The number of nitrogens with one attached hydrogen (secondary N) is 1. The Bertz CT molecular complexity index is 543. The molecule has 1 atom stereocenters. The predicted octanol–water partition coefficient (Wildman–Crippen LogP) is 0.469. The molecule has 0 radical (unpaired) electrons. The van der Waals surface area contributed by atoms with Crippen LogP contribution in [0.5, 0.6) is 0 Å². The molecule has 1 aromatic rings. The number of aliphatic carboxylic acids is 1. The number of carboxylic acid groups (broad SMARTS) is 1.